The average molecular weight is 269 g/mol. The molecule has 1 aliphatic rings. The molecule has 1 aliphatic heterocycles. The van der Waals surface area contributed by atoms with E-state index in [0.717, 1.165) is 0 Å². The van der Waals surface area contributed by atoms with Crippen molar-refractivity contribution in [2.24, 2.45) is 0 Å². The maximum absolute atomic E-state index is 12.0. The van der Waals surface area contributed by atoms with E-state index in [9.17, 15) is 9.90 Å². The van der Waals surface area contributed by atoms with Crippen LogP contribution in [-0.2, 0) is 10.3 Å². The number of likely N-dealkylation sites (N-methyl/N-ethyl adjacent to an activating group) is 1. The van der Waals surface area contributed by atoms with Gasteiger partial charge in [-0.05, 0) is 20.8 Å². The van der Waals surface area contributed by atoms with E-state index < -0.39 is 11.8 Å². The van der Waals surface area contributed by atoms with Gasteiger partial charge in [-0.2, -0.15) is 0 Å². The number of nitrogens with zero attached hydrogens (tertiary/aromatic N) is 3. The number of rotatable bonds is 3. The lowest BCUT2D eigenvalue weighted by Gasteiger charge is -2.18. The summed E-state index contributed by atoms with van der Waals surface area (Å²) < 4.78 is 10.5. The molecular weight excluding hydrogens is 250 g/mol. The topological polar surface area (TPSA) is 79.0 Å². The van der Waals surface area contributed by atoms with Crippen LogP contribution in [0.2, 0.25) is 0 Å². The highest BCUT2D eigenvalue weighted by molar-refractivity contribution is 5.93. The molecular formula is C12H19N3O4. The molecule has 0 bridgehead atoms. The quantitative estimate of drug-likeness (QED) is 0.890. The van der Waals surface area contributed by atoms with Crippen LogP contribution >= 0.6 is 0 Å². The Kier molecular flexibility index (Phi) is 3.27. The summed E-state index contributed by atoms with van der Waals surface area (Å²) in [6, 6.07) is 0.995. The van der Waals surface area contributed by atoms with Crippen LogP contribution < -0.4 is 4.90 Å². The fourth-order valence-electron chi connectivity index (χ4n) is 1.87. The monoisotopic (exact) mass is 269 g/mol. The van der Waals surface area contributed by atoms with Crippen molar-refractivity contribution in [1.29, 1.82) is 0 Å². The van der Waals surface area contributed by atoms with Crippen LogP contribution in [-0.4, -0.2) is 47.6 Å². The van der Waals surface area contributed by atoms with E-state index in [1.807, 2.05) is 13.8 Å². The lowest BCUT2D eigenvalue weighted by Crippen LogP contribution is -2.35. The molecule has 0 radical (unpaired) electrons. The van der Waals surface area contributed by atoms with Gasteiger partial charge in [-0.15, -0.1) is 0 Å². The Hall–Kier alpha value is -1.60. The molecule has 2 atom stereocenters. The van der Waals surface area contributed by atoms with Crippen molar-refractivity contribution in [2.45, 2.75) is 38.6 Å². The third-order valence-electron chi connectivity index (χ3n) is 3.66. The normalized spacial score (nSPS) is 24.4. The summed E-state index contributed by atoms with van der Waals surface area (Å²) in [7, 11) is 3.20. The highest BCUT2D eigenvalue weighted by Gasteiger charge is 2.43. The van der Waals surface area contributed by atoms with Crippen molar-refractivity contribution in [3.05, 3.63) is 11.8 Å². The Balaban J connectivity index is 2.31. The minimum absolute atomic E-state index is 0.286. The number of urea groups is 1. The fourth-order valence-corrected chi connectivity index (χ4v) is 1.87. The average Bonchev–Trinajstić information content (AvgIpc) is 2.92. The first-order chi connectivity index (χ1) is 8.79. The highest BCUT2D eigenvalue weighted by Crippen LogP contribution is 2.31. The maximum Gasteiger partial charge on any atom is 0.328 e. The SMILES string of the molecule is COC(C)(C)c1cc(N2C(=O)N(C)[C@H](C)C2O)no1. The molecule has 106 valence electrons. The molecule has 0 saturated carbocycles. The van der Waals surface area contributed by atoms with Gasteiger partial charge in [-0.1, -0.05) is 5.16 Å². The van der Waals surface area contributed by atoms with Crippen molar-refractivity contribution in [2.75, 3.05) is 19.1 Å². The number of aliphatic hydroxyl groups is 1. The molecule has 7 heteroatoms. The van der Waals surface area contributed by atoms with Crippen molar-refractivity contribution in [1.82, 2.24) is 10.1 Å². The summed E-state index contributed by atoms with van der Waals surface area (Å²) in [6.07, 6.45) is -0.943. The number of hydrogen-bond acceptors (Lipinski definition) is 5. The molecule has 2 rings (SSSR count). The van der Waals surface area contributed by atoms with E-state index >= 15 is 0 Å². The first-order valence-corrected chi connectivity index (χ1v) is 6.06. The second-order valence-corrected chi connectivity index (χ2v) is 5.18. The van der Waals surface area contributed by atoms with E-state index in [0.29, 0.717) is 5.76 Å². The molecule has 0 aliphatic carbocycles. The van der Waals surface area contributed by atoms with E-state index in [2.05, 4.69) is 5.16 Å². The number of aromatic nitrogens is 1. The second kappa shape index (κ2) is 4.50. The van der Waals surface area contributed by atoms with Crippen LogP contribution in [0.1, 0.15) is 26.5 Å². The summed E-state index contributed by atoms with van der Waals surface area (Å²) in [5.41, 5.74) is -0.642. The van der Waals surface area contributed by atoms with Gasteiger partial charge in [-0.25, -0.2) is 9.69 Å². The molecule has 19 heavy (non-hydrogen) atoms. The highest BCUT2D eigenvalue weighted by atomic mass is 16.5. The minimum atomic E-state index is -0.943. The summed E-state index contributed by atoms with van der Waals surface area (Å²) in [5, 5.41) is 13.9. The van der Waals surface area contributed by atoms with Crippen LogP contribution in [0, 0.1) is 0 Å². The molecule has 1 N–H and O–H groups in total. The van der Waals surface area contributed by atoms with Crippen molar-refractivity contribution >= 4 is 11.8 Å². The second-order valence-electron chi connectivity index (χ2n) is 5.18. The Bertz CT molecular complexity index is 485. The van der Waals surface area contributed by atoms with E-state index in [1.165, 1.54) is 9.80 Å². The van der Waals surface area contributed by atoms with Gasteiger partial charge in [0.05, 0.1) is 6.04 Å². The summed E-state index contributed by atoms with van der Waals surface area (Å²) in [4.78, 5) is 14.7. The van der Waals surface area contributed by atoms with Gasteiger partial charge in [-0.3, -0.25) is 0 Å². The predicted octanol–water partition coefficient (Wildman–Crippen LogP) is 1.13. The van der Waals surface area contributed by atoms with Crippen LogP contribution in [0.15, 0.2) is 10.6 Å². The first kappa shape index (κ1) is 13.8. The van der Waals surface area contributed by atoms with Gasteiger partial charge < -0.3 is 19.3 Å². The number of amides is 2. The van der Waals surface area contributed by atoms with E-state index in [1.54, 1.807) is 27.1 Å². The predicted molar refractivity (Wildman–Crippen MR) is 67.6 cm³/mol. The number of aliphatic hydroxyl groups excluding tert-OH is 1. The van der Waals surface area contributed by atoms with Crippen molar-refractivity contribution in [3.8, 4) is 0 Å². The Morgan fingerprint density at radius 3 is 2.63 bits per heavy atom. The number of ether oxygens (including phenoxy) is 1. The number of carbonyl (C=O) groups is 1. The van der Waals surface area contributed by atoms with Crippen LogP contribution in [0.25, 0.3) is 0 Å². The molecule has 1 fully saturated rings. The number of hydrogen-bond donors (Lipinski definition) is 1. The molecule has 1 unspecified atom stereocenters. The Labute approximate surface area is 111 Å². The Morgan fingerprint density at radius 1 is 1.53 bits per heavy atom. The molecule has 2 heterocycles. The smallest absolute Gasteiger partial charge is 0.328 e. The molecule has 2 amide bonds. The zero-order chi connectivity index (χ0) is 14.4. The van der Waals surface area contributed by atoms with Crippen LogP contribution in [0.4, 0.5) is 10.6 Å². The standard InChI is InChI=1S/C12H19N3O4/c1-7-10(16)15(11(17)14(7)4)9-6-8(19-13-9)12(2,3)18-5/h6-7,10,16H,1-5H3/t7-,10?/m1/s1. The lowest BCUT2D eigenvalue weighted by atomic mass is 10.1. The molecule has 0 aromatic carbocycles. The van der Waals surface area contributed by atoms with E-state index in [4.69, 9.17) is 9.26 Å². The minimum Gasteiger partial charge on any atom is -0.371 e. The zero-order valence-corrected chi connectivity index (χ0v) is 11.7. The van der Waals surface area contributed by atoms with Gasteiger partial charge in [0.2, 0.25) is 0 Å². The van der Waals surface area contributed by atoms with Gasteiger partial charge >= 0.3 is 6.03 Å². The molecule has 0 spiro atoms. The number of anilines is 1. The maximum atomic E-state index is 12.0. The summed E-state index contributed by atoms with van der Waals surface area (Å²) in [6.45, 7) is 5.42. The molecule has 1 aromatic heterocycles. The lowest BCUT2D eigenvalue weighted by molar-refractivity contribution is -0.00346. The third-order valence-corrected chi connectivity index (χ3v) is 3.66. The molecule has 1 saturated heterocycles. The van der Waals surface area contributed by atoms with Gasteiger partial charge in [0, 0.05) is 20.2 Å². The van der Waals surface area contributed by atoms with Crippen LogP contribution in [0.3, 0.4) is 0 Å². The number of carbonyl (C=O) groups excluding carboxylic acids is 1. The largest absolute Gasteiger partial charge is 0.371 e. The van der Waals surface area contributed by atoms with Gasteiger partial charge in [0.15, 0.2) is 17.8 Å². The van der Waals surface area contributed by atoms with Gasteiger partial charge in [0.1, 0.15) is 5.60 Å². The zero-order valence-electron chi connectivity index (χ0n) is 11.7. The Morgan fingerprint density at radius 2 is 2.16 bits per heavy atom. The van der Waals surface area contributed by atoms with E-state index in [-0.39, 0.29) is 17.9 Å². The first-order valence-electron chi connectivity index (χ1n) is 6.06. The molecule has 7 nitrogen and oxygen atoms in total. The van der Waals surface area contributed by atoms with Crippen molar-refractivity contribution < 1.29 is 19.2 Å². The van der Waals surface area contributed by atoms with Crippen molar-refractivity contribution in [3.63, 3.8) is 0 Å². The third kappa shape index (κ3) is 2.08. The fraction of sp³-hybridized carbons (Fsp3) is 0.667. The number of methoxy groups -OCH3 is 1. The molecule has 1 aromatic rings. The van der Waals surface area contributed by atoms with Gasteiger partial charge in [0.25, 0.3) is 0 Å². The summed E-state index contributed by atoms with van der Waals surface area (Å²) in [5.74, 6) is 0.779. The van der Waals surface area contributed by atoms with Crippen LogP contribution in [0.5, 0.6) is 0 Å². The summed E-state index contributed by atoms with van der Waals surface area (Å²) >= 11 is 0.